The summed E-state index contributed by atoms with van der Waals surface area (Å²) in [6, 6.07) is 0. The minimum atomic E-state index is -0.150. The zero-order valence-electron chi connectivity index (χ0n) is 18.1. The molecule has 1 saturated heterocycles. The molecule has 3 aliphatic carbocycles. The minimum Gasteiger partial charge on any atom is -0.462 e. The Bertz CT molecular complexity index is 691. The van der Waals surface area contributed by atoms with E-state index in [0.29, 0.717) is 23.7 Å². The molecule has 6 atom stereocenters. The van der Waals surface area contributed by atoms with E-state index in [1.165, 1.54) is 31.3 Å². The summed E-state index contributed by atoms with van der Waals surface area (Å²) in [5, 5.41) is 0. The van der Waals surface area contributed by atoms with E-state index in [9.17, 15) is 9.59 Å². The zero-order valence-corrected chi connectivity index (χ0v) is 18.1. The number of allylic oxidation sites excluding steroid dienone is 1. The van der Waals surface area contributed by atoms with Crippen LogP contribution in [0.3, 0.4) is 0 Å². The van der Waals surface area contributed by atoms with E-state index in [2.05, 4.69) is 26.8 Å². The molecule has 0 bridgehead atoms. The van der Waals surface area contributed by atoms with E-state index in [-0.39, 0.29) is 41.4 Å². The quantitative estimate of drug-likeness (QED) is 0.499. The predicted octanol–water partition coefficient (Wildman–Crippen LogP) is 5.06. The van der Waals surface area contributed by atoms with Gasteiger partial charge >= 0.3 is 11.9 Å². The monoisotopic (exact) mass is 388 g/mol. The maximum absolute atomic E-state index is 12.4. The first-order chi connectivity index (χ1) is 13.1. The molecule has 2 saturated carbocycles. The van der Waals surface area contributed by atoms with E-state index >= 15 is 0 Å². The summed E-state index contributed by atoms with van der Waals surface area (Å²) < 4.78 is 11.5. The average Bonchev–Trinajstić information content (AvgIpc) is 2.86. The normalized spacial score (nSPS) is 41.4. The first kappa shape index (κ1) is 20.0. The molecule has 4 heteroatoms. The van der Waals surface area contributed by atoms with E-state index in [0.717, 1.165) is 12.8 Å². The Morgan fingerprint density at radius 3 is 2.64 bits per heavy atom. The molecule has 0 spiro atoms. The number of ether oxygens (including phenoxy) is 2. The molecule has 4 aliphatic rings. The molecular formula is C24H36O4. The van der Waals surface area contributed by atoms with Crippen molar-refractivity contribution in [2.24, 2.45) is 34.5 Å². The molecule has 4 rings (SSSR count). The predicted molar refractivity (Wildman–Crippen MR) is 107 cm³/mol. The molecule has 28 heavy (non-hydrogen) atoms. The summed E-state index contributed by atoms with van der Waals surface area (Å²) in [7, 11) is 0. The molecule has 0 radical (unpaired) electrons. The van der Waals surface area contributed by atoms with Gasteiger partial charge in [-0.2, -0.15) is 0 Å². The zero-order chi connectivity index (χ0) is 20.3. The number of hydrogen-bond donors (Lipinski definition) is 0. The summed E-state index contributed by atoms with van der Waals surface area (Å²) in [6.07, 6.45) is 9.19. The molecule has 0 aromatic rings. The Labute approximate surface area is 169 Å². The summed E-state index contributed by atoms with van der Waals surface area (Å²) in [4.78, 5) is 24.4. The van der Waals surface area contributed by atoms with Crippen LogP contribution in [0.15, 0.2) is 11.6 Å². The molecule has 0 aromatic carbocycles. The molecule has 0 N–H and O–H groups in total. The van der Waals surface area contributed by atoms with Crippen LogP contribution in [-0.2, 0) is 19.1 Å². The van der Waals surface area contributed by atoms with Crippen LogP contribution in [0.2, 0.25) is 0 Å². The van der Waals surface area contributed by atoms with Crippen molar-refractivity contribution in [3.63, 3.8) is 0 Å². The van der Waals surface area contributed by atoms with Gasteiger partial charge < -0.3 is 9.47 Å². The van der Waals surface area contributed by atoms with Crippen molar-refractivity contribution in [3.8, 4) is 0 Å². The highest BCUT2D eigenvalue weighted by molar-refractivity contribution is 5.79. The van der Waals surface area contributed by atoms with Gasteiger partial charge in [0.25, 0.3) is 0 Å². The SMILES string of the molecule is CC(C)CC(=O)O[C@H]1CC=C([C@@]2(C)CCCC(C)(C)C2)[C@H]2C[C@@H]3C(=O)O[C@@H]3[C@H]12. The molecule has 0 amide bonds. The van der Waals surface area contributed by atoms with Gasteiger partial charge in [0.05, 0.1) is 5.92 Å². The highest BCUT2D eigenvalue weighted by Crippen LogP contribution is 2.60. The van der Waals surface area contributed by atoms with E-state index < -0.39 is 0 Å². The van der Waals surface area contributed by atoms with Gasteiger partial charge in [-0.15, -0.1) is 0 Å². The second-order valence-corrected chi connectivity index (χ2v) is 11.2. The lowest BCUT2D eigenvalue weighted by Crippen LogP contribution is -2.50. The second-order valence-electron chi connectivity index (χ2n) is 11.2. The molecule has 3 fully saturated rings. The van der Waals surface area contributed by atoms with Gasteiger partial charge in [0.1, 0.15) is 12.2 Å². The third-order valence-electron chi connectivity index (χ3n) is 7.71. The van der Waals surface area contributed by atoms with Gasteiger partial charge in [0.2, 0.25) is 0 Å². The Morgan fingerprint density at radius 1 is 1.25 bits per heavy atom. The lowest BCUT2D eigenvalue weighted by molar-refractivity contribution is -0.190. The molecule has 0 unspecified atom stereocenters. The Kier molecular flexibility index (Phi) is 4.91. The lowest BCUT2D eigenvalue weighted by Gasteiger charge is -2.49. The van der Waals surface area contributed by atoms with Gasteiger partial charge in [-0.05, 0) is 48.3 Å². The number of fused-ring (bicyclic) bond motifs is 3. The van der Waals surface area contributed by atoms with Crippen LogP contribution < -0.4 is 0 Å². The topological polar surface area (TPSA) is 52.6 Å². The van der Waals surface area contributed by atoms with Crippen LogP contribution in [0.5, 0.6) is 0 Å². The summed E-state index contributed by atoms with van der Waals surface area (Å²) >= 11 is 0. The van der Waals surface area contributed by atoms with Gasteiger partial charge in [-0.1, -0.05) is 52.7 Å². The number of carbonyl (C=O) groups excluding carboxylic acids is 2. The third kappa shape index (κ3) is 3.41. The van der Waals surface area contributed by atoms with Crippen LogP contribution in [0.4, 0.5) is 0 Å². The smallest absolute Gasteiger partial charge is 0.313 e. The van der Waals surface area contributed by atoms with E-state index in [4.69, 9.17) is 9.47 Å². The highest BCUT2D eigenvalue weighted by Gasteiger charge is 2.62. The Balaban J connectivity index is 1.60. The largest absolute Gasteiger partial charge is 0.462 e. The number of rotatable bonds is 4. The third-order valence-corrected chi connectivity index (χ3v) is 7.71. The molecular weight excluding hydrogens is 352 g/mol. The van der Waals surface area contributed by atoms with Crippen LogP contribution in [-0.4, -0.2) is 24.1 Å². The number of hydrogen-bond acceptors (Lipinski definition) is 4. The van der Waals surface area contributed by atoms with Crippen molar-refractivity contribution in [3.05, 3.63) is 11.6 Å². The van der Waals surface area contributed by atoms with E-state index in [1.54, 1.807) is 0 Å². The number of esters is 2. The van der Waals surface area contributed by atoms with Gasteiger partial charge in [-0.3, -0.25) is 9.59 Å². The second kappa shape index (κ2) is 6.88. The average molecular weight is 389 g/mol. The fourth-order valence-corrected chi connectivity index (χ4v) is 6.77. The van der Waals surface area contributed by atoms with Crippen LogP contribution in [0.1, 0.15) is 79.6 Å². The van der Waals surface area contributed by atoms with Crippen molar-refractivity contribution >= 4 is 11.9 Å². The van der Waals surface area contributed by atoms with Crippen molar-refractivity contribution < 1.29 is 19.1 Å². The standard InChI is InChI=1S/C24H36O4/c1-14(2)11-19(25)27-18-8-7-17(24(5)10-6-9-23(3,4)13-24)15-12-16-21(20(15)18)28-22(16)26/h7,14-16,18,20-21H,6,8-13H2,1-5H3/t15-,16+,18+,20+,21+,24+/m1/s1. The summed E-state index contributed by atoms with van der Waals surface area (Å²) in [5.74, 6) is 0.573. The van der Waals surface area contributed by atoms with Crippen LogP contribution in [0.25, 0.3) is 0 Å². The van der Waals surface area contributed by atoms with Gasteiger partial charge in [-0.25, -0.2) is 0 Å². The summed E-state index contributed by atoms with van der Waals surface area (Å²) in [5.41, 5.74) is 2.06. The van der Waals surface area contributed by atoms with Gasteiger partial charge in [0, 0.05) is 18.8 Å². The molecule has 156 valence electrons. The Morgan fingerprint density at radius 2 is 2.00 bits per heavy atom. The molecule has 0 aromatic heterocycles. The van der Waals surface area contributed by atoms with Crippen molar-refractivity contribution in [2.45, 2.75) is 91.8 Å². The van der Waals surface area contributed by atoms with Crippen LogP contribution in [0, 0.1) is 34.5 Å². The molecule has 1 aliphatic heterocycles. The minimum absolute atomic E-state index is 0.00278. The summed E-state index contributed by atoms with van der Waals surface area (Å²) in [6.45, 7) is 11.3. The van der Waals surface area contributed by atoms with Crippen molar-refractivity contribution in [1.82, 2.24) is 0 Å². The van der Waals surface area contributed by atoms with Crippen LogP contribution >= 0.6 is 0 Å². The molecule has 4 nitrogen and oxygen atoms in total. The van der Waals surface area contributed by atoms with Crippen molar-refractivity contribution in [1.29, 1.82) is 0 Å². The first-order valence-corrected chi connectivity index (χ1v) is 11.2. The fraction of sp³-hybridized carbons (Fsp3) is 0.833. The Hall–Kier alpha value is -1.32. The first-order valence-electron chi connectivity index (χ1n) is 11.2. The highest BCUT2D eigenvalue weighted by atomic mass is 16.6. The fourth-order valence-electron chi connectivity index (χ4n) is 6.77. The maximum atomic E-state index is 12.4. The van der Waals surface area contributed by atoms with Crippen molar-refractivity contribution in [2.75, 3.05) is 0 Å². The van der Waals surface area contributed by atoms with E-state index in [1.807, 2.05) is 13.8 Å². The lowest BCUT2D eigenvalue weighted by atomic mass is 9.57. The van der Waals surface area contributed by atoms with Gasteiger partial charge in [0.15, 0.2) is 0 Å². The molecule has 1 heterocycles. The number of carbonyl (C=O) groups is 2. The maximum Gasteiger partial charge on any atom is 0.313 e.